The van der Waals surface area contributed by atoms with Gasteiger partial charge in [-0.1, -0.05) is 44.0 Å². The van der Waals surface area contributed by atoms with Crippen molar-refractivity contribution in [1.82, 2.24) is 5.32 Å². The van der Waals surface area contributed by atoms with Crippen molar-refractivity contribution in [3.05, 3.63) is 47.9 Å². The highest BCUT2D eigenvalue weighted by Crippen LogP contribution is 2.25. The second kappa shape index (κ2) is 10.3. The molecule has 0 aliphatic carbocycles. The van der Waals surface area contributed by atoms with Crippen molar-refractivity contribution >= 4 is 13.0 Å². The van der Waals surface area contributed by atoms with E-state index in [9.17, 15) is 0 Å². The van der Waals surface area contributed by atoms with Crippen LogP contribution in [-0.4, -0.2) is 40.6 Å². The maximum absolute atomic E-state index is 6.33. The Morgan fingerprint density at radius 3 is 2.80 bits per heavy atom. The molecule has 1 N–H and O–H groups in total. The molecule has 1 aromatic carbocycles. The van der Waals surface area contributed by atoms with Crippen LogP contribution in [0.4, 0.5) is 5.69 Å². The summed E-state index contributed by atoms with van der Waals surface area (Å²) in [5.74, 6) is 3.78. The standard InChI is InChI=1S/C21H32BN2O/c1-5-17(2)12-15-24(4)18-8-6-9-19(16-18)25-21(11-14-23-3)20-10-7-13-22-20/h6-10,13,16-17,21,23H,5,11-12,14-15H2,1-4H3. The Morgan fingerprint density at radius 2 is 2.12 bits per heavy atom. The number of nitrogens with zero attached hydrogens (tertiary/aromatic N) is 1. The van der Waals surface area contributed by atoms with Crippen molar-refractivity contribution in [2.45, 2.75) is 39.2 Å². The number of ether oxygens (including phenoxy) is 1. The Bertz CT molecular complexity index is 585. The third kappa shape index (κ3) is 6.28. The van der Waals surface area contributed by atoms with E-state index in [-0.39, 0.29) is 6.10 Å². The zero-order chi connectivity index (χ0) is 18.1. The predicted molar refractivity (Wildman–Crippen MR) is 110 cm³/mol. The summed E-state index contributed by atoms with van der Waals surface area (Å²) in [5, 5.41) is 3.22. The quantitative estimate of drug-likeness (QED) is 0.616. The first kappa shape index (κ1) is 19.6. The normalized spacial score (nSPS) is 15.4. The number of nitrogens with one attached hydrogen (secondary N) is 1. The SMILES string of the molecule is CCC(C)CCN(C)c1cccc(OC(CCNC)C2=CC=C[B]2)c1. The van der Waals surface area contributed by atoms with Gasteiger partial charge in [0.05, 0.1) is 0 Å². The lowest BCUT2D eigenvalue weighted by Gasteiger charge is -2.24. The molecule has 2 atom stereocenters. The van der Waals surface area contributed by atoms with E-state index in [1.54, 1.807) is 0 Å². The molecule has 1 aliphatic rings. The molecular formula is C21H32BN2O. The fourth-order valence-corrected chi connectivity index (χ4v) is 2.88. The number of anilines is 1. The Labute approximate surface area is 154 Å². The molecule has 0 saturated heterocycles. The van der Waals surface area contributed by atoms with E-state index >= 15 is 0 Å². The maximum Gasteiger partial charge on any atom is 0.180 e. The van der Waals surface area contributed by atoms with Crippen LogP contribution in [0.2, 0.25) is 0 Å². The Kier molecular flexibility index (Phi) is 8.13. The molecule has 1 heterocycles. The summed E-state index contributed by atoms with van der Waals surface area (Å²) in [6, 6.07) is 8.46. The highest BCUT2D eigenvalue weighted by molar-refractivity contribution is 6.52. The Morgan fingerprint density at radius 1 is 1.28 bits per heavy atom. The summed E-state index contributed by atoms with van der Waals surface area (Å²) in [6.07, 6.45) is 7.71. The zero-order valence-electron chi connectivity index (χ0n) is 16.2. The minimum absolute atomic E-state index is 0.0862. The molecule has 25 heavy (non-hydrogen) atoms. The molecule has 0 bridgehead atoms. The third-order valence-corrected chi connectivity index (χ3v) is 4.91. The lowest BCUT2D eigenvalue weighted by Crippen LogP contribution is -2.26. The molecule has 135 valence electrons. The van der Waals surface area contributed by atoms with Crippen LogP contribution in [0.3, 0.4) is 0 Å². The Balaban J connectivity index is 2.00. The number of rotatable bonds is 11. The number of benzene rings is 1. The van der Waals surface area contributed by atoms with E-state index in [1.807, 2.05) is 7.05 Å². The first-order valence-electron chi connectivity index (χ1n) is 9.48. The number of allylic oxidation sites excluding steroid dienone is 2. The van der Waals surface area contributed by atoms with Crippen LogP contribution in [-0.2, 0) is 0 Å². The van der Waals surface area contributed by atoms with Crippen molar-refractivity contribution < 1.29 is 4.74 Å². The highest BCUT2D eigenvalue weighted by Gasteiger charge is 2.17. The molecule has 0 amide bonds. The topological polar surface area (TPSA) is 24.5 Å². The van der Waals surface area contributed by atoms with Gasteiger partial charge < -0.3 is 15.0 Å². The van der Waals surface area contributed by atoms with Gasteiger partial charge in [0, 0.05) is 25.3 Å². The van der Waals surface area contributed by atoms with Crippen molar-refractivity contribution in [2.75, 3.05) is 32.1 Å². The van der Waals surface area contributed by atoms with Crippen LogP contribution in [0.1, 0.15) is 33.1 Å². The predicted octanol–water partition coefficient (Wildman–Crippen LogP) is 4.03. The van der Waals surface area contributed by atoms with Crippen LogP contribution in [0, 0.1) is 5.92 Å². The molecule has 1 aliphatic heterocycles. The van der Waals surface area contributed by atoms with Gasteiger partial charge in [-0.15, -0.1) is 5.98 Å². The first-order chi connectivity index (χ1) is 12.1. The van der Waals surface area contributed by atoms with Crippen LogP contribution >= 0.6 is 0 Å². The highest BCUT2D eigenvalue weighted by atomic mass is 16.5. The van der Waals surface area contributed by atoms with Gasteiger partial charge in [0.1, 0.15) is 11.9 Å². The molecule has 3 nitrogen and oxygen atoms in total. The van der Waals surface area contributed by atoms with Crippen LogP contribution in [0.15, 0.2) is 47.9 Å². The van der Waals surface area contributed by atoms with Crippen LogP contribution < -0.4 is 15.0 Å². The molecule has 0 fully saturated rings. The smallest absolute Gasteiger partial charge is 0.180 e. The summed E-state index contributed by atoms with van der Waals surface area (Å²) in [6.45, 7) is 6.59. The molecule has 4 heteroatoms. The monoisotopic (exact) mass is 339 g/mol. The number of hydrogen-bond acceptors (Lipinski definition) is 3. The lowest BCUT2D eigenvalue weighted by molar-refractivity contribution is 0.233. The third-order valence-electron chi connectivity index (χ3n) is 4.91. The van der Waals surface area contributed by atoms with E-state index < -0.39 is 0 Å². The van der Waals surface area contributed by atoms with Gasteiger partial charge in [0.15, 0.2) is 7.28 Å². The zero-order valence-corrected chi connectivity index (χ0v) is 16.2. The van der Waals surface area contributed by atoms with Crippen molar-refractivity contribution in [3.63, 3.8) is 0 Å². The van der Waals surface area contributed by atoms with Gasteiger partial charge >= 0.3 is 0 Å². The van der Waals surface area contributed by atoms with Crippen molar-refractivity contribution in [1.29, 1.82) is 0 Å². The summed E-state index contributed by atoms with van der Waals surface area (Å²) in [7, 11) is 6.29. The maximum atomic E-state index is 6.33. The molecule has 0 saturated carbocycles. The lowest BCUT2D eigenvalue weighted by atomic mass is 9.70. The Hall–Kier alpha value is -1.68. The van der Waals surface area contributed by atoms with Crippen LogP contribution in [0.5, 0.6) is 5.75 Å². The average Bonchev–Trinajstić information content (AvgIpc) is 3.17. The molecule has 2 rings (SSSR count). The molecule has 0 aromatic heterocycles. The second-order valence-corrected chi connectivity index (χ2v) is 6.94. The summed E-state index contributed by atoms with van der Waals surface area (Å²) < 4.78 is 6.33. The molecule has 1 radical (unpaired) electrons. The van der Waals surface area contributed by atoms with Gasteiger partial charge in [-0.25, -0.2) is 0 Å². The molecule has 1 aromatic rings. The van der Waals surface area contributed by atoms with Gasteiger partial charge in [-0.2, -0.15) is 0 Å². The molecule has 0 spiro atoms. The van der Waals surface area contributed by atoms with Gasteiger partial charge in [-0.3, -0.25) is 0 Å². The van der Waals surface area contributed by atoms with E-state index in [4.69, 9.17) is 4.74 Å². The van der Waals surface area contributed by atoms with E-state index in [2.05, 4.69) is 80.8 Å². The summed E-state index contributed by atoms with van der Waals surface area (Å²) >= 11 is 0. The van der Waals surface area contributed by atoms with Crippen LogP contribution in [0.25, 0.3) is 0 Å². The minimum atomic E-state index is 0.0862. The fourth-order valence-electron chi connectivity index (χ4n) is 2.88. The van der Waals surface area contributed by atoms with Gasteiger partial charge in [0.2, 0.25) is 0 Å². The average molecular weight is 339 g/mol. The number of hydrogen-bond donors (Lipinski definition) is 1. The molecular weight excluding hydrogens is 307 g/mol. The first-order valence-corrected chi connectivity index (χ1v) is 9.48. The van der Waals surface area contributed by atoms with E-state index in [0.29, 0.717) is 0 Å². The fraction of sp³-hybridized carbons (Fsp3) is 0.524. The summed E-state index contributed by atoms with van der Waals surface area (Å²) in [5.41, 5.74) is 2.46. The molecule has 2 unspecified atom stereocenters. The van der Waals surface area contributed by atoms with Gasteiger partial charge in [-0.05, 0) is 44.5 Å². The second-order valence-electron chi connectivity index (χ2n) is 6.94. The summed E-state index contributed by atoms with van der Waals surface area (Å²) in [4.78, 5) is 2.32. The van der Waals surface area contributed by atoms with E-state index in [0.717, 1.165) is 31.2 Å². The van der Waals surface area contributed by atoms with Crippen molar-refractivity contribution in [2.24, 2.45) is 5.92 Å². The van der Waals surface area contributed by atoms with Crippen molar-refractivity contribution in [3.8, 4) is 5.75 Å². The van der Waals surface area contributed by atoms with E-state index in [1.165, 1.54) is 24.0 Å². The van der Waals surface area contributed by atoms with Gasteiger partial charge in [0.25, 0.3) is 0 Å². The largest absolute Gasteiger partial charge is 0.487 e. The minimum Gasteiger partial charge on any atom is -0.487 e.